The van der Waals surface area contributed by atoms with Crippen LogP contribution in [0.15, 0.2) is 18.2 Å². The average molecular weight is 299 g/mol. The Morgan fingerprint density at radius 3 is 2.50 bits per heavy atom. The zero-order valence-corrected chi connectivity index (χ0v) is 14.0. The number of methoxy groups -OCH3 is 1. The normalized spacial score (nSPS) is 13.0. The van der Waals surface area contributed by atoms with Gasteiger partial charge in [-0.15, -0.1) is 0 Å². The highest BCUT2D eigenvalue weighted by atomic mass is 35.5. The number of nitrogens with one attached hydrogen (secondary N) is 1. The summed E-state index contributed by atoms with van der Waals surface area (Å²) in [6.45, 7) is 6.39. The van der Waals surface area contributed by atoms with Crippen molar-refractivity contribution in [2.24, 2.45) is 5.92 Å². The molecule has 114 valence electrons. The summed E-state index contributed by atoms with van der Waals surface area (Å²) in [4.78, 5) is 2.22. The molecule has 1 N–H and O–H groups in total. The van der Waals surface area contributed by atoms with Gasteiger partial charge < -0.3 is 15.0 Å². The Balaban J connectivity index is 2.59. The lowest BCUT2D eigenvalue weighted by molar-refractivity contribution is 0.305. The van der Waals surface area contributed by atoms with Crippen LogP contribution in [0.2, 0.25) is 5.02 Å². The quantitative estimate of drug-likeness (QED) is 0.796. The van der Waals surface area contributed by atoms with Gasteiger partial charge in [0.05, 0.1) is 12.1 Å². The molecule has 0 spiro atoms. The number of halogens is 1. The maximum atomic E-state index is 6.15. The van der Waals surface area contributed by atoms with E-state index >= 15 is 0 Å². The predicted molar refractivity (Wildman–Crippen MR) is 86.6 cm³/mol. The molecule has 20 heavy (non-hydrogen) atoms. The second kappa shape index (κ2) is 8.50. The largest absolute Gasteiger partial charge is 0.495 e. The summed E-state index contributed by atoms with van der Waals surface area (Å²) in [5.41, 5.74) is 1.18. The molecule has 1 aromatic rings. The van der Waals surface area contributed by atoms with E-state index in [9.17, 15) is 0 Å². The van der Waals surface area contributed by atoms with E-state index in [0.29, 0.717) is 17.0 Å². The van der Waals surface area contributed by atoms with Crippen LogP contribution in [-0.4, -0.2) is 38.7 Å². The van der Waals surface area contributed by atoms with Crippen LogP contribution in [0.3, 0.4) is 0 Å². The smallest absolute Gasteiger partial charge is 0.137 e. The minimum atomic E-state index is 0.492. The fourth-order valence-corrected chi connectivity index (χ4v) is 2.59. The standard InChI is InChI=1S/C16H27ClN2O/c1-12(2)8-14(11-19(3)4)18-10-13-6-7-16(20-5)15(17)9-13/h6-7,9,12,14,18H,8,10-11H2,1-5H3. The number of ether oxygens (including phenoxy) is 1. The van der Waals surface area contributed by atoms with Gasteiger partial charge in [-0.1, -0.05) is 31.5 Å². The van der Waals surface area contributed by atoms with E-state index in [4.69, 9.17) is 16.3 Å². The van der Waals surface area contributed by atoms with Crippen LogP contribution in [0.5, 0.6) is 5.75 Å². The van der Waals surface area contributed by atoms with Crippen LogP contribution in [0.1, 0.15) is 25.8 Å². The minimum absolute atomic E-state index is 0.492. The van der Waals surface area contributed by atoms with Gasteiger partial charge in [0.1, 0.15) is 5.75 Å². The van der Waals surface area contributed by atoms with Crippen molar-refractivity contribution in [2.75, 3.05) is 27.7 Å². The maximum absolute atomic E-state index is 6.15. The molecule has 0 aliphatic carbocycles. The van der Waals surface area contributed by atoms with Crippen LogP contribution in [0, 0.1) is 5.92 Å². The van der Waals surface area contributed by atoms with E-state index in [1.807, 2.05) is 12.1 Å². The van der Waals surface area contributed by atoms with E-state index in [2.05, 4.69) is 44.2 Å². The zero-order chi connectivity index (χ0) is 15.1. The Kier molecular flexibility index (Phi) is 7.35. The molecular weight excluding hydrogens is 272 g/mol. The lowest BCUT2D eigenvalue weighted by atomic mass is 10.0. The third-order valence-corrected chi connectivity index (χ3v) is 3.45. The second-order valence-electron chi connectivity index (χ2n) is 5.94. The molecule has 0 bridgehead atoms. The van der Waals surface area contributed by atoms with Gasteiger partial charge in [-0.2, -0.15) is 0 Å². The van der Waals surface area contributed by atoms with E-state index in [0.717, 1.165) is 18.8 Å². The van der Waals surface area contributed by atoms with Gasteiger partial charge in [0, 0.05) is 19.1 Å². The molecule has 3 nitrogen and oxygen atoms in total. The summed E-state index contributed by atoms with van der Waals surface area (Å²) in [6, 6.07) is 6.43. The molecule has 0 fully saturated rings. The van der Waals surface area contributed by atoms with Crippen molar-refractivity contribution in [2.45, 2.75) is 32.9 Å². The Labute approximate surface area is 128 Å². The Morgan fingerprint density at radius 2 is 2.00 bits per heavy atom. The van der Waals surface area contributed by atoms with Crippen molar-refractivity contribution in [1.82, 2.24) is 10.2 Å². The molecule has 4 heteroatoms. The lowest BCUT2D eigenvalue weighted by Crippen LogP contribution is -2.38. The highest BCUT2D eigenvalue weighted by Crippen LogP contribution is 2.24. The van der Waals surface area contributed by atoms with Gasteiger partial charge in [-0.05, 0) is 44.1 Å². The molecule has 1 atom stereocenters. The molecule has 0 saturated carbocycles. The van der Waals surface area contributed by atoms with E-state index in [1.165, 1.54) is 12.0 Å². The molecular formula is C16H27ClN2O. The fraction of sp³-hybridized carbons (Fsp3) is 0.625. The Bertz CT molecular complexity index is 397. The SMILES string of the molecule is COc1ccc(CNC(CC(C)C)CN(C)C)cc1Cl. The third-order valence-electron chi connectivity index (χ3n) is 3.15. The highest BCUT2D eigenvalue weighted by Gasteiger charge is 2.12. The highest BCUT2D eigenvalue weighted by molar-refractivity contribution is 6.32. The molecule has 0 saturated heterocycles. The van der Waals surface area contributed by atoms with Crippen molar-refractivity contribution < 1.29 is 4.74 Å². The first-order chi connectivity index (χ1) is 9.42. The molecule has 1 aromatic carbocycles. The number of likely N-dealkylation sites (N-methyl/N-ethyl adjacent to an activating group) is 1. The zero-order valence-electron chi connectivity index (χ0n) is 13.2. The lowest BCUT2D eigenvalue weighted by Gasteiger charge is -2.24. The molecule has 0 radical (unpaired) electrons. The molecule has 0 aromatic heterocycles. The number of hydrogen-bond donors (Lipinski definition) is 1. The molecule has 1 unspecified atom stereocenters. The van der Waals surface area contributed by atoms with Gasteiger partial charge in [0.15, 0.2) is 0 Å². The van der Waals surface area contributed by atoms with Crippen LogP contribution in [0.4, 0.5) is 0 Å². The Morgan fingerprint density at radius 1 is 1.30 bits per heavy atom. The predicted octanol–water partition coefficient (Wildman–Crippen LogP) is 3.41. The maximum Gasteiger partial charge on any atom is 0.137 e. The van der Waals surface area contributed by atoms with Crippen LogP contribution in [-0.2, 0) is 6.54 Å². The fourth-order valence-electron chi connectivity index (χ4n) is 2.31. The summed E-state index contributed by atoms with van der Waals surface area (Å²) in [7, 11) is 5.85. The molecule has 1 rings (SSSR count). The van der Waals surface area contributed by atoms with Crippen molar-refractivity contribution in [3.63, 3.8) is 0 Å². The summed E-state index contributed by atoms with van der Waals surface area (Å²) >= 11 is 6.15. The summed E-state index contributed by atoms with van der Waals surface area (Å²) < 4.78 is 5.17. The summed E-state index contributed by atoms with van der Waals surface area (Å²) in [5.74, 6) is 1.41. The summed E-state index contributed by atoms with van der Waals surface area (Å²) in [5, 5.41) is 4.29. The van der Waals surface area contributed by atoms with Crippen LogP contribution in [0.25, 0.3) is 0 Å². The monoisotopic (exact) mass is 298 g/mol. The molecule has 0 aliphatic rings. The summed E-state index contributed by atoms with van der Waals surface area (Å²) in [6.07, 6.45) is 1.17. The van der Waals surface area contributed by atoms with E-state index in [-0.39, 0.29) is 0 Å². The van der Waals surface area contributed by atoms with Crippen molar-refractivity contribution in [3.05, 3.63) is 28.8 Å². The average Bonchev–Trinajstić information content (AvgIpc) is 2.34. The van der Waals surface area contributed by atoms with Gasteiger partial charge in [0.25, 0.3) is 0 Å². The first-order valence-corrected chi connectivity index (χ1v) is 7.50. The van der Waals surface area contributed by atoms with E-state index < -0.39 is 0 Å². The van der Waals surface area contributed by atoms with Gasteiger partial charge in [-0.25, -0.2) is 0 Å². The third kappa shape index (κ3) is 6.12. The van der Waals surface area contributed by atoms with Gasteiger partial charge in [-0.3, -0.25) is 0 Å². The second-order valence-corrected chi connectivity index (χ2v) is 6.35. The van der Waals surface area contributed by atoms with Gasteiger partial charge in [0.2, 0.25) is 0 Å². The number of hydrogen-bond acceptors (Lipinski definition) is 3. The minimum Gasteiger partial charge on any atom is -0.495 e. The number of nitrogens with zero attached hydrogens (tertiary/aromatic N) is 1. The van der Waals surface area contributed by atoms with Crippen molar-refractivity contribution in [1.29, 1.82) is 0 Å². The first kappa shape index (κ1) is 17.3. The molecule has 0 aliphatic heterocycles. The van der Waals surface area contributed by atoms with Crippen molar-refractivity contribution >= 4 is 11.6 Å². The Hall–Kier alpha value is -0.770. The topological polar surface area (TPSA) is 24.5 Å². The number of rotatable bonds is 8. The van der Waals surface area contributed by atoms with Crippen LogP contribution < -0.4 is 10.1 Å². The molecule has 0 amide bonds. The van der Waals surface area contributed by atoms with Crippen LogP contribution >= 0.6 is 11.6 Å². The first-order valence-electron chi connectivity index (χ1n) is 7.13. The van der Waals surface area contributed by atoms with E-state index in [1.54, 1.807) is 7.11 Å². The van der Waals surface area contributed by atoms with Gasteiger partial charge >= 0.3 is 0 Å². The van der Waals surface area contributed by atoms with Crippen molar-refractivity contribution in [3.8, 4) is 5.75 Å². The molecule has 0 heterocycles. The number of benzene rings is 1.